The Morgan fingerprint density at radius 3 is 2.49 bits per heavy atom. The van der Waals surface area contributed by atoms with Gasteiger partial charge in [-0.3, -0.25) is 14.6 Å². The minimum atomic E-state index is -0.211. The highest BCUT2D eigenvalue weighted by Crippen LogP contribution is 2.29. The smallest absolute Gasteiger partial charge is 0.245 e. The van der Waals surface area contributed by atoms with Gasteiger partial charge in [-0.25, -0.2) is 0 Å². The largest absolute Gasteiger partial charge is 0.378 e. The maximum atomic E-state index is 12.4. The molecule has 1 aromatic carbocycles. The number of amides is 2. The molecular formula is C25H39BCl2N6O5. The minimum Gasteiger partial charge on any atom is -0.378 e. The molecule has 0 saturated carbocycles. The van der Waals surface area contributed by atoms with Gasteiger partial charge in [0.15, 0.2) is 7.98 Å². The lowest BCUT2D eigenvalue weighted by Gasteiger charge is -2.16. The van der Waals surface area contributed by atoms with Gasteiger partial charge in [0.1, 0.15) is 12.4 Å². The number of nitrogens with zero attached hydrogens (tertiary/aromatic N) is 3. The van der Waals surface area contributed by atoms with Crippen molar-refractivity contribution in [3.8, 4) is 0 Å². The minimum absolute atomic E-state index is 0.0234. The predicted octanol–water partition coefficient (Wildman–Crippen LogP) is 1.43. The molecule has 1 aliphatic heterocycles. The lowest BCUT2D eigenvalue weighted by Crippen LogP contribution is -2.34. The van der Waals surface area contributed by atoms with Crippen LogP contribution < -0.4 is 20.9 Å². The van der Waals surface area contributed by atoms with Crippen LogP contribution in [0.3, 0.4) is 0 Å². The van der Waals surface area contributed by atoms with Crippen LogP contribution in [0.1, 0.15) is 19.8 Å². The van der Waals surface area contributed by atoms with Gasteiger partial charge in [-0.05, 0) is 31.7 Å². The van der Waals surface area contributed by atoms with E-state index in [1.165, 1.54) is 0 Å². The molecule has 1 atom stereocenters. The molecule has 0 fully saturated rings. The van der Waals surface area contributed by atoms with Gasteiger partial charge >= 0.3 is 0 Å². The van der Waals surface area contributed by atoms with Gasteiger partial charge in [0.05, 0.1) is 55.3 Å². The topological polar surface area (TPSA) is 117 Å². The lowest BCUT2D eigenvalue weighted by molar-refractivity contribution is -0.126. The second kappa shape index (κ2) is 19.2. The molecule has 1 aliphatic rings. The zero-order valence-corrected chi connectivity index (χ0v) is 24.2. The molecule has 0 spiro atoms. The molecule has 0 aromatic heterocycles. The van der Waals surface area contributed by atoms with E-state index in [1.807, 2.05) is 20.0 Å². The van der Waals surface area contributed by atoms with Crippen LogP contribution in [0.2, 0.25) is 10.0 Å². The number of halogens is 2. The van der Waals surface area contributed by atoms with Gasteiger partial charge in [0, 0.05) is 38.5 Å². The number of benzene rings is 1. The summed E-state index contributed by atoms with van der Waals surface area (Å²) in [5, 5.41) is 15.4. The fraction of sp³-hybridized carbons (Fsp3) is 0.640. The van der Waals surface area contributed by atoms with Crippen LogP contribution in [-0.4, -0.2) is 110 Å². The lowest BCUT2D eigenvalue weighted by atomic mass is 10.1. The number of rotatable bonds is 19. The second-order valence-electron chi connectivity index (χ2n) is 9.10. The van der Waals surface area contributed by atoms with E-state index in [2.05, 4.69) is 25.9 Å². The average Bonchev–Trinajstić information content (AvgIpc) is 3.27. The standard InChI is InChI=1S/C25H39BCl2N6O5/c1-19-17-34(20-5-6-21(27)22(28)16-20)32-25(19)31-23(35)4-3-7-29-24(36)18-39-13-10-33(2)9-12-38-15-14-37-11-8-30-26/h5-6,16,19,30H,3-4,7-15,17-18H2,1-2H3,(H,29,36)(H,31,32,35). The second-order valence-corrected chi connectivity index (χ2v) is 9.92. The van der Waals surface area contributed by atoms with E-state index >= 15 is 0 Å². The van der Waals surface area contributed by atoms with Gasteiger partial charge in [-0.15, -0.1) is 0 Å². The number of hydrazone groups is 1. The first-order valence-corrected chi connectivity index (χ1v) is 13.8. The van der Waals surface area contributed by atoms with Crippen LogP contribution in [0.5, 0.6) is 0 Å². The molecule has 0 aliphatic carbocycles. The van der Waals surface area contributed by atoms with Crippen molar-refractivity contribution < 1.29 is 23.8 Å². The van der Waals surface area contributed by atoms with Crippen molar-refractivity contribution in [1.82, 2.24) is 20.8 Å². The number of nitrogens with one attached hydrogen (secondary N) is 3. The summed E-state index contributed by atoms with van der Waals surface area (Å²) in [7, 11) is 7.12. The summed E-state index contributed by atoms with van der Waals surface area (Å²) in [5.74, 6) is 0.295. The Hall–Kier alpha value is -1.93. The summed E-state index contributed by atoms with van der Waals surface area (Å²) in [6.07, 6.45) is 0.775. The van der Waals surface area contributed by atoms with Crippen molar-refractivity contribution >= 4 is 54.5 Å². The van der Waals surface area contributed by atoms with Crippen molar-refractivity contribution in [3.05, 3.63) is 28.2 Å². The van der Waals surface area contributed by atoms with Gasteiger partial charge in [-0.2, -0.15) is 5.10 Å². The van der Waals surface area contributed by atoms with E-state index < -0.39 is 0 Å². The third-order valence-electron chi connectivity index (χ3n) is 5.74. The molecule has 0 saturated heterocycles. The fourth-order valence-corrected chi connectivity index (χ4v) is 3.77. The van der Waals surface area contributed by atoms with Gasteiger partial charge in [0.2, 0.25) is 11.8 Å². The number of amidine groups is 1. The highest BCUT2D eigenvalue weighted by molar-refractivity contribution is 6.42. The normalized spacial score (nSPS) is 15.1. The van der Waals surface area contributed by atoms with E-state index in [9.17, 15) is 9.59 Å². The molecule has 14 heteroatoms. The molecule has 1 aromatic rings. The SMILES string of the molecule is [B]NCCOCCOCCN(C)CCOCC(=O)NCCCC(=O)NC1=NN(c2ccc(Cl)c(Cl)c2)CC1C. The van der Waals surface area contributed by atoms with Crippen molar-refractivity contribution in [2.75, 3.05) is 84.4 Å². The van der Waals surface area contributed by atoms with Crippen LogP contribution in [0.15, 0.2) is 23.3 Å². The molecule has 1 heterocycles. The molecule has 216 valence electrons. The van der Waals surface area contributed by atoms with Crippen LogP contribution in [-0.2, 0) is 23.8 Å². The number of carbonyl (C=O) groups is 2. The van der Waals surface area contributed by atoms with Crippen molar-refractivity contribution in [3.63, 3.8) is 0 Å². The van der Waals surface area contributed by atoms with Crippen molar-refractivity contribution in [2.45, 2.75) is 19.8 Å². The van der Waals surface area contributed by atoms with E-state index in [1.54, 1.807) is 17.1 Å². The summed E-state index contributed by atoms with van der Waals surface area (Å²) >= 11 is 12.1. The molecule has 2 radical (unpaired) electrons. The maximum Gasteiger partial charge on any atom is 0.245 e. The van der Waals surface area contributed by atoms with E-state index in [0.29, 0.717) is 81.5 Å². The number of hydrogen-bond acceptors (Lipinski definition) is 9. The molecule has 3 N–H and O–H groups in total. The summed E-state index contributed by atoms with van der Waals surface area (Å²) in [6, 6.07) is 5.29. The Balaban J connectivity index is 1.49. The number of likely N-dealkylation sites (N-methyl/N-ethyl adjacent to an activating group) is 1. The first-order valence-electron chi connectivity index (χ1n) is 13.0. The molecule has 2 rings (SSSR count). The number of carbonyl (C=O) groups excluding carboxylic acids is 2. The monoisotopic (exact) mass is 584 g/mol. The van der Waals surface area contributed by atoms with E-state index in [4.69, 9.17) is 45.4 Å². The van der Waals surface area contributed by atoms with Gasteiger partial charge in [0.25, 0.3) is 0 Å². The highest BCUT2D eigenvalue weighted by Gasteiger charge is 2.25. The number of ether oxygens (including phenoxy) is 3. The first-order chi connectivity index (χ1) is 18.8. The van der Waals surface area contributed by atoms with Gasteiger partial charge in [-0.1, -0.05) is 30.1 Å². The van der Waals surface area contributed by atoms with E-state index in [0.717, 1.165) is 12.2 Å². The Kier molecular flexibility index (Phi) is 16.4. The Bertz CT molecular complexity index is 929. The van der Waals surface area contributed by atoms with Crippen molar-refractivity contribution in [1.29, 1.82) is 0 Å². The molecule has 11 nitrogen and oxygen atoms in total. The van der Waals surface area contributed by atoms with Crippen LogP contribution in [0, 0.1) is 5.92 Å². The zero-order chi connectivity index (χ0) is 28.5. The van der Waals surface area contributed by atoms with Crippen LogP contribution in [0.25, 0.3) is 0 Å². The summed E-state index contributed by atoms with van der Waals surface area (Å²) < 4.78 is 16.3. The summed E-state index contributed by atoms with van der Waals surface area (Å²) in [6.45, 7) is 7.65. The van der Waals surface area contributed by atoms with Crippen LogP contribution in [0.4, 0.5) is 5.69 Å². The third kappa shape index (κ3) is 13.8. The number of hydrogen-bond donors (Lipinski definition) is 3. The maximum absolute atomic E-state index is 12.4. The fourth-order valence-electron chi connectivity index (χ4n) is 3.48. The molecule has 39 heavy (non-hydrogen) atoms. The Morgan fingerprint density at radius 1 is 1.05 bits per heavy atom. The van der Waals surface area contributed by atoms with E-state index in [-0.39, 0.29) is 30.8 Å². The average molecular weight is 585 g/mol. The van der Waals surface area contributed by atoms with Gasteiger partial charge < -0.3 is 35.0 Å². The zero-order valence-electron chi connectivity index (χ0n) is 22.7. The van der Waals surface area contributed by atoms with Crippen molar-refractivity contribution in [2.24, 2.45) is 11.0 Å². The van der Waals surface area contributed by atoms with Crippen LogP contribution >= 0.6 is 23.2 Å². The number of anilines is 1. The molecule has 1 unspecified atom stereocenters. The molecular weight excluding hydrogens is 546 g/mol. The molecule has 2 amide bonds. The first kappa shape index (κ1) is 33.3. The third-order valence-corrected chi connectivity index (χ3v) is 6.48. The molecule has 0 bridgehead atoms. The quantitative estimate of drug-likeness (QED) is 0.165. The summed E-state index contributed by atoms with van der Waals surface area (Å²) in [4.78, 5) is 26.4. The predicted molar refractivity (Wildman–Crippen MR) is 155 cm³/mol. The summed E-state index contributed by atoms with van der Waals surface area (Å²) in [5.41, 5.74) is 0.806. The highest BCUT2D eigenvalue weighted by atomic mass is 35.5. The Morgan fingerprint density at radius 2 is 1.77 bits per heavy atom. The Labute approximate surface area is 242 Å².